The molecule has 69 heavy (non-hydrogen) atoms. The molecule has 0 radical (unpaired) electrons. The number of rotatable bonds is 12. The van der Waals surface area contributed by atoms with E-state index < -0.39 is 37.3 Å². The number of halogens is 1. The number of amides is 1. The van der Waals surface area contributed by atoms with Crippen LogP contribution < -0.4 is 24.4 Å². The number of benzene rings is 3. The number of aromatic nitrogens is 2. The molecule has 2 aromatic heterocycles. The van der Waals surface area contributed by atoms with E-state index in [9.17, 15) is 27.7 Å². The van der Waals surface area contributed by atoms with Crippen molar-refractivity contribution in [3.05, 3.63) is 105 Å². The van der Waals surface area contributed by atoms with Gasteiger partial charge in [0.05, 0.1) is 32.5 Å². The van der Waals surface area contributed by atoms with Crippen LogP contribution in [0.2, 0.25) is 0 Å². The number of hydrogen-bond acceptors (Lipinski definition) is 11. The molecule has 2 atom stereocenters. The van der Waals surface area contributed by atoms with E-state index in [1.165, 1.54) is 61.2 Å². The number of likely N-dealkylation sites (tertiary alicyclic amines) is 1. The van der Waals surface area contributed by atoms with Crippen molar-refractivity contribution in [2.24, 2.45) is 16.7 Å². The number of carbonyl (C=O) groups excluding carboxylic acids is 1. The van der Waals surface area contributed by atoms with Gasteiger partial charge in [-0.2, -0.15) is 0 Å². The summed E-state index contributed by atoms with van der Waals surface area (Å²) in [6.07, 6.45) is 12.4. The van der Waals surface area contributed by atoms with Crippen molar-refractivity contribution in [1.82, 2.24) is 19.6 Å². The molecule has 1 amide bonds. The first-order valence-corrected chi connectivity index (χ1v) is 26.4. The third-order valence-corrected chi connectivity index (χ3v) is 17.5. The summed E-state index contributed by atoms with van der Waals surface area (Å²) < 4.78 is 57.8. The van der Waals surface area contributed by atoms with E-state index in [1.807, 2.05) is 6.92 Å². The van der Waals surface area contributed by atoms with Gasteiger partial charge in [0.1, 0.15) is 29.6 Å². The number of aromatic amines is 1. The molecule has 366 valence electrons. The third kappa shape index (κ3) is 9.14. The van der Waals surface area contributed by atoms with E-state index in [-0.39, 0.29) is 63.3 Å². The fourth-order valence-electron chi connectivity index (χ4n) is 12.1. The lowest BCUT2D eigenvalue weighted by atomic mass is 9.59. The Bertz CT molecular complexity index is 2890. The van der Waals surface area contributed by atoms with E-state index in [1.54, 1.807) is 12.1 Å². The molecule has 3 N–H and O–H groups in total. The number of sulfonamides is 1. The number of nitro benzene ring substituents is 1. The summed E-state index contributed by atoms with van der Waals surface area (Å²) in [5, 5.41) is 16.0. The molecular weight excluding hydrogens is 898 g/mol. The second-order valence-electron chi connectivity index (χ2n) is 21.4. The van der Waals surface area contributed by atoms with Crippen molar-refractivity contribution in [3.8, 4) is 17.2 Å². The number of pyridine rings is 1. The molecule has 2 saturated carbocycles. The normalized spacial score (nSPS) is 21.7. The largest absolute Gasteiger partial charge is 0.489 e. The molecule has 2 saturated heterocycles. The number of nitrogens with one attached hydrogen (secondary N) is 3. The topological polar surface area (TPSA) is 172 Å². The van der Waals surface area contributed by atoms with Crippen molar-refractivity contribution < 1.29 is 32.0 Å². The van der Waals surface area contributed by atoms with Gasteiger partial charge >= 0.3 is 0 Å². The summed E-state index contributed by atoms with van der Waals surface area (Å²) >= 11 is 0. The Balaban J connectivity index is 0.883. The molecule has 3 aliphatic heterocycles. The minimum absolute atomic E-state index is 0.0261. The molecule has 10 rings (SSSR count). The maximum Gasteiger partial charge on any atom is 0.297 e. The molecule has 5 heterocycles. The number of hydrogen-bond donors (Lipinski definition) is 3. The van der Waals surface area contributed by atoms with Crippen LogP contribution in [0.3, 0.4) is 0 Å². The number of nitrogens with zero attached hydrogens (tertiary/aromatic N) is 4. The Morgan fingerprint density at radius 1 is 1.01 bits per heavy atom. The van der Waals surface area contributed by atoms with Gasteiger partial charge in [0.15, 0.2) is 11.4 Å². The fraction of sp³-hybridized carbons (Fsp3) is 0.509. The monoisotopic (exact) mass is 961 g/mol. The summed E-state index contributed by atoms with van der Waals surface area (Å²) in [6.45, 7) is 13.9. The zero-order valence-electron chi connectivity index (χ0n) is 40.3. The quantitative estimate of drug-likeness (QED) is 0.0802. The zero-order valence-corrected chi connectivity index (χ0v) is 41.1. The van der Waals surface area contributed by atoms with Crippen molar-refractivity contribution in [1.29, 1.82) is 0 Å². The number of carbonyl (C=O) groups is 1. The van der Waals surface area contributed by atoms with Crippen molar-refractivity contribution in [3.63, 3.8) is 0 Å². The lowest BCUT2D eigenvalue weighted by Crippen LogP contribution is -2.54. The average molecular weight is 962 g/mol. The molecule has 14 nitrogen and oxygen atoms in total. The molecule has 16 heteroatoms. The molecule has 1 spiro atoms. The first-order valence-electron chi connectivity index (χ1n) is 24.9. The molecule has 0 bridgehead atoms. The van der Waals surface area contributed by atoms with Crippen LogP contribution in [-0.2, 0) is 16.4 Å². The summed E-state index contributed by atoms with van der Waals surface area (Å²) in [6, 6.07) is 18.6. The maximum atomic E-state index is 14.9. The van der Waals surface area contributed by atoms with Crippen LogP contribution in [0.4, 0.5) is 21.5 Å². The molecule has 4 fully saturated rings. The van der Waals surface area contributed by atoms with E-state index in [0.717, 1.165) is 69.9 Å². The summed E-state index contributed by atoms with van der Waals surface area (Å²) in [7, 11) is -4.70. The standard InChI is InChI=1S/C53H64FN7O7S/c1-6-42-47(27-40-41(54)30-55-50(40)57-42)68-46-24-34(59-22-19-53(20-23-59)28-35(29-53)60-21-9-12-44(60)38-11-8-7-10-37(38)32(2)3)13-14-39(46)51(62)58-69(65,66)36-25-45(61(63)64)49-48(26-36)67-31-43(56-49)33-15-17-52(4,5)18-16-33/h7-8,10-11,13-14,24-27,30,32-33,35,43-44,56H,6,9,12,15-23,28-29,31H2,1-5H3,(H,55,57)(H,58,62)/t43-,44-/m1/s1. The Hall–Kier alpha value is -5.74. The Morgan fingerprint density at radius 2 is 1.77 bits per heavy atom. The van der Waals surface area contributed by atoms with Crippen molar-refractivity contribution in [2.75, 3.05) is 36.5 Å². The average Bonchev–Trinajstić information content (AvgIpc) is 3.96. The van der Waals surface area contributed by atoms with Crippen molar-refractivity contribution >= 4 is 44.0 Å². The van der Waals surface area contributed by atoms with Gasteiger partial charge in [0, 0.05) is 55.3 Å². The van der Waals surface area contributed by atoms with E-state index in [0.29, 0.717) is 35.8 Å². The first-order chi connectivity index (χ1) is 33.0. The highest BCUT2D eigenvalue weighted by Gasteiger charge is 2.50. The lowest BCUT2D eigenvalue weighted by Gasteiger charge is -2.56. The number of ether oxygens (including phenoxy) is 2. The van der Waals surface area contributed by atoms with Crippen LogP contribution >= 0.6 is 0 Å². The van der Waals surface area contributed by atoms with Gasteiger partial charge in [0.2, 0.25) is 0 Å². The Kier molecular flexibility index (Phi) is 12.4. The number of H-pyrrole nitrogens is 1. The second-order valence-corrected chi connectivity index (χ2v) is 23.1. The van der Waals surface area contributed by atoms with E-state index in [4.69, 9.17) is 9.47 Å². The van der Waals surface area contributed by atoms with Crippen LogP contribution in [0.1, 0.15) is 138 Å². The van der Waals surface area contributed by atoms with E-state index in [2.05, 4.69) is 81.8 Å². The molecule has 0 unspecified atom stereocenters. The zero-order chi connectivity index (χ0) is 48.4. The van der Waals surface area contributed by atoms with Crippen LogP contribution in [0.25, 0.3) is 11.0 Å². The van der Waals surface area contributed by atoms with Crippen LogP contribution in [-0.4, -0.2) is 72.4 Å². The van der Waals surface area contributed by atoms with Crippen LogP contribution in [0.15, 0.2) is 71.8 Å². The minimum atomic E-state index is -4.70. The van der Waals surface area contributed by atoms with Crippen LogP contribution in [0, 0.1) is 32.7 Å². The molecular formula is C53H64FN7O7S. The Labute approximate surface area is 403 Å². The highest BCUT2D eigenvalue weighted by atomic mass is 32.2. The first kappa shape index (κ1) is 47.0. The van der Waals surface area contributed by atoms with Gasteiger partial charge in [-0.1, -0.05) is 58.9 Å². The van der Waals surface area contributed by atoms with Gasteiger partial charge < -0.3 is 24.7 Å². The van der Waals surface area contributed by atoms with Crippen LogP contribution in [0.5, 0.6) is 17.2 Å². The predicted octanol–water partition coefficient (Wildman–Crippen LogP) is 11.2. The molecule has 3 aromatic carbocycles. The van der Waals surface area contributed by atoms with Gasteiger partial charge in [0.25, 0.3) is 21.6 Å². The molecule has 5 aliphatic rings. The lowest BCUT2D eigenvalue weighted by molar-refractivity contribution is -0.384. The highest BCUT2D eigenvalue weighted by Crippen LogP contribution is 2.54. The SMILES string of the molecule is CCc1nc2[nH]cc(F)c2cc1Oc1cc(N2CCC3(CC2)CC(N2CCC[C@@H]2c2ccccc2C(C)C)C3)ccc1C(=O)NS(=O)(=O)c1cc2c(c([N+](=O)[O-])c1)N[C@@H](C1CCC(C)(C)CC1)CO2. The minimum Gasteiger partial charge on any atom is -0.489 e. The maximum absolute atomic E-state index is 14.9. The van der Waals surface area contributed by atoms with Gasteiger partial charge in [-0.15, -0.1) is 0 Å². The second kappa shape index (κ2) is 18.2. The number of fused-ring (bicyclic) bond motifs is 2. The Morgan fingerprint density at radius 3 is 2.49 bits per heavy atom. The number of piperidine rings is 1. The summed E-state index contributed by atoms with van der Waals surface area (Å²) in [5.41, 5.74) is 4.64. The van der Waals surface area contributed by atoms with Gasteiger partial charge in [-0.25, -0.2) is 22.5 Å². The molecule has 2 aliphatic carbocycles. The summed E-state index contributed by atoms with van der Waals surface area (Å²) in [5.74, 6) is -0.500. The molecule has 5 aromatic rings. The predicted molar refractivity (Wildman–Crippen MR) is 264 cm³/mol. The van der Waals surface area contributed by atoms with Gasteiger partial charge in [-0.05, 0) is 129 Å². The number of nitro groups is 1. The number of anilines is 2. The number of aryl methyl sites for hydroxylation is 1. The smallest absolute Gasteiger partial charge is 0.297 e. The van der Waals surface area contributed by atoms with Crippen molar-refractivity contribution in [2.45, 2.75) is 134 Å². The third-order valence-electron chi connectivity index (χ3n) is 16.2. The highest BCUT2D eigenvalue weighted by molar-refractivity contribution is 7.90. The summed E-state index contributed by atoms with van der Waals surface area (Å²) in [4.78, 5) is 38.1. The van der Waals surface area contributed by atoms with Gasteiger partial charge in [-0.3, -0.25) is 19.8 Å². The fourth-order valence-corrected chi connectivity index (χ4v) is 13.1. The van der Waals surface area contributed by atoms with E-state index >= 15 is 0 Å².